The van der Waals surface area contributed by atoms with Gasteiger partial charge in [0.25, 0.3) is 0 Å². The van der Waals surface area contributed by atoms with Gasteiger partial charge in [0.05, 0.1) is 17.9 Å². The van der Waals surface area contributed by atoms with Gasteiger partial charge < -0.3 is 9.52 Å². The molecular formula is C15H24O3. The van der Waals surface area contributed by atoms with E-state index in [0.29, 0.717) is 23.8 Å². The first kappa shape index (κ1) is 15.0. The summed E-state index contributed by atoms with van der Waals surface area (Å²) in [6.45, 7) is 6.30. The molecule has 3 nitrogen and oxygen atoms in total. The lowest BCUT2D eigenvalue weighted by atomic mass is 9.92. The first-order valence-corrected chi connectivity index (χ1v) is 6.72. The van der Waals surface area contributed by atoms with Crippen molar-refractivity contribution in [3.8, 4) is 0 Å². The fraction of sp³-hybridized carbons (Fsp3) is 0.667. The molecule has 102 valence electrons. The van der Waals surface area contributed by atoms with Crippen LogP contribution in [-0.2, 0) is 0 Å². The van der Waals surface area contributed by atoms with E-state index in [-0.39, 0.29) is 11.9 Å². The molecule has 1 aromatic heterocycles. The first-order chi connectivity index (χ1) is 8.49. The SMILES string of the molecule is CC(C)C[C@@H](O)C[C@@H](C)CCC(=O)c1ccoc1. The zero-order chi connectivity index (χ0) is 13.5. The molecule has 0 unspecified atom stereocenters. The predicted octanol–water partition coefficient (Wildman–Crippen LogP) is 3.68. The van der Waals surface area contributed by atoms with Gasteiger partial charge in [0.2, 0.25) is 0 Å². The van der Waals surface area contributed by atoms with Gasteiger partial charge in [-0.2, -0.15) is 0 Å². The smallest absolute Gasteiger partial charge is 0.166 e. The highest BCUT2D eigenvalue weighted by atomic mass is 16.3. The van der Waals surface area contributed by atoms with E-state index in [1.54, 1.807) is 6.07 Å². The Bertz CT molecular complexity index is 341. The number of carbonyl (C=O) groups excluding carboxylic acids is 1. The van der Waals surface area contributed by atoms with Crippen LogP contribution in [0.4, 0.5) is 0 Å². The fourth-order valence-corrected chi connectivity index (χ4v) is 2.17. The number of hydrogen-bond acceptors (Lipinski definition) is 3. The van der Waals surface area contributed by atoms with Gasteiger partial charge in [-0.25, -0.2) is 0 Å². The predicted molar refractivity (Wildman–Crippen MR) is 71.5 cm³/mol. The van der Waals surface area contributed by atoms with E-state index in [4.69, 9.17) is 4.42 Å². The van der Waals surface area contributed by atoms with Gasteiger partial charge in [-0.3, -0.25) is 4.79 Å². The molecule has 1 heterocycles. The molecule has 0 amide bonds. The number of aliphatic hydroxyl groups excluding tert-OH is 1. The minimum Gasteiger partial charge on any atom is -0.472 e. The van der Waals surface area contributed by atoms with Crippen LogP contribution in [0.25, 0.3) is 0 Å². The van der Waals surface area contributed by atoms with Crippen LogP contribution in [0, 0.1) is 11.8 Å². The van der Waals surface area contributed by atoms with Crippen molar-refractivity contribution in [2.24, 2.45) is 11.8 Å². The van der Waals surface area contributed by atoms with Crippen molar-refractivity contribution in [2.75, 3.05) is 0 Å². The van der Waals surface area contributed by atoms with Crippen LogP contribution in [0.2, 0.25) is 0 Å². The van der Waals surface area contributed by atoms with E-state index >= 15 is 0 Å². The molecule has 0 radical (unpaired) electrons. The van der Waals surface area contributed by atoms with Crippen molar-refractivity contribution >= 4 is 5.78 Å². The van der Waals surface area contributed by atoms with Gasteiger partial charge >= 0.3 is 0 Å². The van der Waals surface area contributed by atoms with Gasteiger partial charge in [0, 0.05) is 6.42 Å². The van der Waals surface area contributed by atoms with E-state index in [9.17, 15) is 9.90 Å². The Morgan fingerprint density at radius 1 is 1.33 bits per heavy atom. The Hall–Kier alpha value is -1.09. The van der Waals surface area contributed by atoms with Crippen molar-refractivity contribution in [3.63, 3.8) is 0 Å². The Labute approximate surface area is 109 Å². The lowest BCUT2D eigenvalue weighted by Gasteiger charge is -2.17. The standard InChI is InChI=1S/C15H24O3/c1-11(2)8-14(16)9-12(3)4-5-15(17)13-6-7-18-10-13/h6-7,10-12,14,16H,4-5,8-9H2,1-3H3/t12-,14+/m0/s1. The van der Waals surface area contributed by atoms with Crippen LogP contribution in [0.5, 0.6) is 0 Å². The molecule has 0 aliphatic heterocycles. The Morgan fingerprint density at radius 2 is 2.06 bits per heavy atom. The number of Topliss-reactive ketones (excluding diaryl/α,β-unsaturated/α-hetero) is 1. The summed E-state index contributed by atoms with van der Waals surface area (Å²) in [4.78, 5) is 11.8. The first-order valence-electron chi connectivity index (χ1n) is 6.72. The summed E-state index contributed by atoms with van der Waals surface area (Å²) in [5.41, 5.74) is 0.643. The van der Waals surface area contributed by atoms with E-state index in [0.717, 1.165) is 19.3 Å². The van der Waals surface area contributed by atoms with Crippen LogP contribution < -0.4 is 0 Å². The van der Waals surface area contributed by atoms with Crippen molar-refractivity contribution in [1.29, 1.82) is 0 Å². The number of rotatable bonds is 8. The monoisotopic (exact) mass is 252 g/mol. The normalized spacial score (nSPS) is 14.7. The number of ketones is 1. The van der Waals surface area contributed by atoms with E-state index in [1.165, 1.54) is 12.5 Å². The molecule has 0 fully saturated rings. The van der Waals surface area contributed by atoms with Crippen LogP contribution in [0.3, 0.4) is 0 Å². The van der Waals surface area contributed by atoms with Gasteiger partial charge in [-0.15, -0.1) is 0 Å². The summed E-state index contributed by atoms with van der Waals surface area (Å²) in [6.07, 6.45) is 5.71. The second kappa shape index (κ2) is 7.37. The molecule has 0 saturated heterocycles. The average molecular weight is 252 g/mol. The van der Waals surface area contributed by atoms with Gasteiger partial charge in [0.1, 0.15) is 6.26 Å². The van der Waals surface area contributed by atoms with Crippen LogP contribution in [0.15, 0.2) is 23.0 Å². The van der Waals surface area contributed by atoms with Gasteiger partial charge in [-0.1, -0.05) is 20.8 Å². The molecule has 0 aliphatic carbocycles. The molecule has 1 N–H and O–H groups in total. The fourth-order valence-electron chi connectivity index (χ4n) is 2.17. The quantitative estimate of drug-likeness (QED) is 0.718. The second-order valence-corrected chi connectivity index (χ2v) is 5.60. The number of furan rings is 1. The third kappa shape index (κ3) is 5.50. The Morgan fingerprint density at radius 3 is 2.61 bits per heavy atom. The largest absolute Gasteiger partial charge is 0.472 e. The molecule has 1 rings (SSSR count). The zero-order valence-electron chi connectivity index (χ0n) is 11.6. The summed E-state index contributed by atoms with van der Waals surface area (Å²) in [7, 11) is 0. The third-order valence-electron chi connectivity index (χ3n) is 3.13. The molecule has 1 aromatic rings. The molecule has 18 heavy (non-hydrogen) atoms. The maximum atomic E-state index is 11.8. The van der Waals surface area contributed by atoms with Crippen molar-refractivity contribution in [2.45, 2.75) is 52.6 Å². The van der Waals surface area contributed by atoms with Crippen LogP contribution in [0.1, 0.15) is 56.8 Å². The lowest BCUT2D eigenvalue weighted by molar-refractivity contribution is 0.0951. The highest BCUT2D eigenvalue weighted by molar-refractivity contribution is 5.95. The molecular weight excluding hydrogens is 228 g/mol. The Kier molecular flexibility index (Phi) is 6.13. The van der Waals surface area contributed by atoms with Crippen LogP contribution in [-0.4, -0.2) is 17.0 Å². The number of hydrogen-bond donors (Lipinski definition) is 1. The molecule has 0 aliphatic rings. The summed E-state index contributed by atoms with van der Waals surface area (Å²) in [6, 6.07) is 1.70. The van der Waals surface area contributed by atoms with E-state index in [2.05, 4.69) is 20.8 Å². The third-order valence-corrected chi connectivity index (χ3v) is 3.13. The minimum atomic E-state index is -0.246. The molecule has 0 spiro atoms. The zero-order valence-corrected chi connectivity index (χ0v) is 11.6. The summed E-state index contributed by atoms with van der Waals surface area (Å²) in [5.74, 6) is 1.00. The summed E-state index contributed by atoms with van der Waals surface area (Å²) in [5, 5.41) is 9.84. The van der Waals surface area contributed by atoms with Crippen molar-refractivity contribution in [1.82, 2.24) is 0 Å². The van der Waals surface area contributed by atoms with Crippen LogP contribution >= 0.6 is 0 Å². The minimum absolute atomic E-state index is 0.119. The number of aliphatic hydroxyl groups is 1. The lowest BCUT2D eigenvalue weighted by Crippen LogP contribution is -2.15. The average Bonchev–Trinajstić information content (AvgIpc) is 2.77. The second-order valence-electron chi connectivity index (χ2n) is 5.60. The van der Waals surface area contributed by atoms with E-state index < -0.39 is 0 Å². The molecule has 0 saturated carbocycles. The highest BCUT2D eigenvalue weighted by Crippen LogP contribution is 2.18. The number of carbonyl (C=O) groups is 1. The topological polar surface area (TPSA) is 50.4 Å². The molecule has 0 aromatic carbocycles. The maximum Gasteiger partial charge on any atom is 0.166 e. The maximum absolute atomic E-state index is 11.8. The van der Waals surface area contributed by atoms with Crippen molar-refractivity contribution in [3.05, 3.63) is 24.2 Å². The van der Waals surface area contributed by atoms with Gasteiger partial charge in [-0.05, 0) is 37.2 Å². The molecule has 2 atom stereocenters. The molecule has 0 bridgehead atoms. The summed E-state index contributed by atoms with van der Waals surface area (Å²) >= 11 is 0. The van der Waals surface area contributed by atoms with E-state index in [1.807, 2.05) is 0 Å². The highest BCUT2D eigenvalue weighted by Gasteiger charge is 2.14. The molecule has 3 heteroatoms. The van der Waals surface area contributed by atoms with Gasteiger partial charge in [0.15, 0.2) is 5.78 Å². The van der Waals surface area contributed by atoms with Crippen molar-refractivity contribution < 1.29 is 14.3 Å². The summed E-state index contributed by atoms with van der Waals surface area (Å²) < 4.78 is 4.89. The Balaban J connectivity index is 2.24.